The highest BCUT2D eigenvalue weighted by molar-refractivity contribution is 6.36. The molecule has 1 amide bonds. The van der Waals surface area contributed by atoms with E-state index in [0.29, 0.717) is 27.9 Å². The minimum absolute atomic E-state index is 0. The van der Waals surface area contributed by atoms with Crippen LogP contribution in [0.25, 0.3) is 0 Å². The van der Waals surface area contributed by atoms with Gasteiger partial charge in [0.2, 0.25) is 6.54 Å². The molecule has 2 aromatic rings. The molecule has 1 N–H and O–H groups in total. The Morgan fingerprint density at radius 2 is 1.81 bits per heavy atom. The number of benzene rings is 1. The van der Waals surface area contributed by atoms with E-state index in [-0.39, 0.29) is 36.0 Å². The third-order valence-electron chi connectivity index (χ3n) is 3.18. The summed E-state index contributed by atoms with van der Waals surface area (Å²) < 4.78 is 11.5. The monoisotopic (exact) mass is 462 g/mol. The summed E-state index contributed by atoms with van der Waals surface area (Å²) in [6, 6.07) is 7.98. The molecular weight excluding hydrogens is 447 g/mol. The Labute approximate surface area is 171 Å². The Bertz CT molecular complexity index is 757. The number of carbonyl (C=O) groups is 2. The SMILES string of the molecule is COCCOC(=O)c1cc[n+](CC(=O)Nc2ccc(Cl)cc2Cl)cc1.[Br-]. The molecule has 140 valence electrons. The molecule has 0 unspecified atom stereocenters. The fourth-order valence-corrected chi connectivity index (χ4v) is 2.40. The number of rotatable bonds is 7. The molecule has 0 radical (unpaired) electrons. The minimum atomic E-state index is -0.443. The van der Waals surface area contributed by atoms with Gasteiger partial charge in [-0.05, 0) is 18.2 Å². The van der Waals surface area contributed by atoms with Gasteiger partial charge in [0.05, 0.1) is 22.9 Å². The Hall–Kier alpha value is -1.67. The number of nitrogens with zero attached hydrogens (tertiary/aromatic N) is 1. The van der Waals surface area contributed by atoms with Crippen molar-refractivity contribution >= 4 is 40.8 Å². The lowest BCUT2D eigenvalue weighted by molar-refractivity contribution is -0.684. The minimum Gasteiger partial charge on any atom is -1.00 e. The van der Waals surface area contributed by atoms with Crippen molar-refractivity contribution in [3.8, 4) is 0 Å². The third kappa shape index (κ3) is 6.92. The van der Waals surface area contributed by atoms with Crippen LogP contribution in [0.4, 0.5) is 5.69 Å². The molecule has 1 aromatic heterocycles. The molecule has 0 atom stereocenters. The van der Waals surface area contributed by atoms with E-state index in [1.54, 1.807) is 47.3 Å². The van der Waals surface area contributed by atoms with E-state index >= 15 is 0 Å². The highest BCUT2D eigenvalue weighted by Gasteiger charge is 2.14. The van der Waals surface area contributed by atoms with E-state index in [2.05, 4.69) is 5.32 Å². The Kier molecular flexibility index (Phi) is 9.58. The van der Waals surface area contributed by atoms with E-state index in [1.165, 1.54) is 7.11 Å². The second kappa shape index (κ2) is 11.1. The molecule has 1 aromatic carbocycles. The number of pyridine rings is 1. The van der Waals surface area contributed by atoms with Gasteiger partial charge in [-0.25, -0.2) is 4.79 Å². The van der Waals surface area contributed by atoms with E-state index in [1.807, 2.05) is 0 Å². The van der Waals surface area contributed by atoms with Crippen LogP contribution in [0.2, 0.25) is 10.0 Å². The molecule has 9 heteroatoms. The molecule has 0 fully saturated rings. The predicted octanol–water partition coefficient (Wildman–Crippen LogP) is -0.273. The Morgan fingerprint density at radius 3 is 2.42 bits per heavy atom. The average Bonchev–Trinajstić information content (AvgIpc) is 2.58. The zero-order valence-corrected chi connectivity index (χ0v) is 17.0. The van der Waals surface area contributed by atoms with Crippen LogP contribution < -0.4 is 26.9 Å². The van der Waals surface area contributed by atoms with Crippen molar-refractivity contribution in [1.82, 2.24) is 0 Å². The van der Waals surface area contributed by atoms with Crippen molar-refractivity contribution in [2.75, 3.05) is 25.6 Å². The smallest absolute Gasteiger partial charge is 0.338 e. The lowest BCUT2D eigenvalue weighted by Gasteiger charge is -2.06. The van der Waals surface area contributed by atoms with Gasteiger partial charge < -0.3 is 31.8 Å². The van der Waals surface area contributed by atoms with E-state index in [4.69, 9.17) is 32.7 Å². The molecule has 0 saturated heterocycles. The lowest BCUT2D eigenvalue weighted by atomic mass is 10.2. The van der Waals surface area contributed by atoms with Crippen LogP contribution in [0, 0.1) is 0 Å². The number of aromatic nitrogens is 1. The molecule has 6 nitrogen and oxygen atoms in total. The fraction of sp³-hybridized carbons (Fsp3) is 0.235. The van der Waals surface area contributed by atoms with Crippen molar-refractivity contribution in [2.24, 2.45) is 0 Å². The summed E-state index contributed by atoms with van der Waals surface area (Å²) in [5, 5.41) is 3.55. The van der Waals surface area contributed by atoms with Gasteiger partial charge in [-0.15, -0.1) is 0 Å². The largest absolute Gasteiger partial charge is 1.00 e. The van der Waals surface area contributed by atoms with Gasteiger partial charge in [0.15, 0.2) is 12.4 Å². The maximum absolute atomic E-state index is 12.1. The maximum atomic E-state index is 12.1. The number of nitrogens with one attached hydrogen (secondary N) is 1. The molecule has 0 aliphatic carbocycles. The Balaban J connectivity index is 0.00000338. The Morgan fingerprint density at radius 1 is 1.12 bits per heavy atom. The maximum Gasteiger partial charge on any atom is 0.338 e. The lowest BCUT2D eigenvalue weighted by Crippen LogP contribution is -3.00. The second-order valence-corrected chi connectivity index (χ2v) is 5.90. The van der Waals surface area contributed by atoms with Crippen molar-refractivity contribution in [2.45, 2.75) is 6.54 Å². The van der Waals surface area contributed by atoms with Crippen molar-refractivity contribution in [3.63, 3.8) is 0 Å². The summed E-state index contributed by atoms with van der Waals surface area (Å²) in [6.45, 7) is 0.596. The molecule has 0 saturated carbocycles. The summed E-state index contributed by atoms with van der Waals surface area (Å²) in [5.74, 6) is -0.703. The summed E-state index contributed by atoms with van der Waals surface area (Å²) in [4.78, 5) is 23.9. The summed E-state index contributed by atoms with van der Waals surface area (Å²) >= 11 is 11.8. The summed E-state index contributed by atoms with van der Waals surface area (Å²) in [5.41, 5.74) is 0.878. The molecule has 26 heavy (non-hydrogen) atoms. The van der Waals surface area contributed by atoms with Gasteiger partial charge in [0.25, 0.3) is 5.91 Å². The highest BCUT2D eigenvalue weighted by Crippen LogP contribution is 2.25. The number of hydrogen-bond donors (Lipinski definition) is 1. The molecular formula is C17H17BrCl2N2O4. The number of anilines is 1. The van der Waals surface area contributed by atoms with Gasteiger partial charge >= 0.3 is 5.97 Å². The number of ether oxygens (including phenoxy) is 2. The zero-order valence-electron chi connectivity index (χ0n) is 13.9. The first-order valence-corrected chi connectivity index (χ1v) is 8.15. The van der Waals surface area contributed by atoms with Crippen LogP contribution in [0.3, 0.4) is 0 Å². The number of amides is 1. The standard InChI is InChI=1S/C17H16Cl2N2O4.BrH/c1-24-8-9-25-17(23)12-4-6-21(7-5-12)11-16(22)20-15-3-2-13(18)10-14(15)19;/h2-7,10H,8-9,11H2,1H3;1H. The zero-order chi connectivity index (χ0) is 18.2. The van der Waals surface area contributed by atoms with Crippen LogP contribution in [0.5, 0.6) is 0 Å². The molecule has 0 aliphatic rings. The number of hydrogen-bond acceptors (Lipinski definition) is 4. The first-order valence-electron chi connectivity index (χ1n) is 7.39. The van der Waals surface area contributed by atoms with Crippen molar-refractivity contribution in [3.05, 3.63) is 58.3 Å². The molecule has 1 heterocycles. The molecule has 0 aliphatic heterocycles. The van der Waals surface area contributed by atoms with Crippen molar-refractivity contribution in [1.29, 1.82) is 0 Å². The topological polar surface area (TPSA) is 68.5 Å². The van der Waals surface area contributed by atoms with Gasteiger partial charge in [0.1, 0.15) is 6.61 Å². The van der Waals surface area contributed by atoms with Crippen LogP contribution in [0.1, 0.15) is 10.4 Å². The summed E-state index contributed by atoms with van der Waals surface area (Å²) in [6.07, 6.45) is 3.24. The fourth-order valence-electron chi connectivity index (χ4n) is 1.95. The van der Waals surface area contributed by atoms with Gasteiger partial charge in [-0.1, -0.05) is 23.2 Å². The van der Waals surface area contributed by atoms with Crippen LogP contribution in [-0.2, 0) is 20.8 Å². The number of methoxy groups -OCH3 is 1. The summed E-state index contributed by atoms with van der Waals surface area (Å²) in [7, 11) is 1.53. The average molecular weight is 464 g/mol. The second-order valence-electron chi connectivity index (χ2n) is 5.06. The first kappa shape index (κ1) is 22.4. The third-order valence-corrected chi connectivity index (χ3v) is 3.73. The number of esters is 1. The van der Waals surface area contributed by atoms with Gasteiger partial charge in [-0.2, -0.15) is 4.57 Å². The number of halogens is 3. The molecule has 0 spiro atoms. The van der Waals surface area contributed by atoms with Gasteiger partial charge in [0, 0.05) is 24.3 Å². The highest BCUT2D eigenvalue weighted by atomic mass is 79.9. The molecule has 2 rings (SSSR count). The van der Waals surface area contributed by atoms with E-state index in [9.17, 15) is 9.59 Å². The number of carbonyl (C=O) groups excluding carboxylic acids is 2. The predicted molar refractivity (Wildman–Crippen MR) is 93.9 cm³/mol. The normalized spacial score (nSPS) is 9.96. The van der Waals surface area contributed by atoms with E-state index < -0.39 is 5.97 Å². The van der Waals surface area contributed by atoms with Crippen LogP contribution in [0.15, 0.2) is 42.7 Å². The van der Waals surface area contributed by atoms with Crippen LogP contribution >= 0.6 is 23.2 Å². The first-order chi connectivity index (χ1) is 12.0. The van der Waals surface area contributed by atoms with Gasteiger partial charge in [-0.3, -0.25) is 4.79 Å². The van der Waals surface area contributed by atoms with E-state index in [0.717, 1.165) is 0 Å². The van der Waals surface area contributed by atoms with Crippen LogP contribution in [-0.4, -0.2) is 32.2 Å². The molecule has 0 bridgehead atoms. The van der Waals surface area contributed by atoms with Crippen molar-refractivity contribution < 1.29 is 40.6 Å². The quantitative estimate of drug-likeness (QED) is 0.348.